The number of amides is 1. The molecule has 1 aromatic carbocycles. The van der Waals surface area contributed by atoms with Crippen molar-refractivity contribution < 1.29 is 33.5 Å². The molecular weight excluding hydrogens is 603 g/mol. The topological polar surface area (TPSA) is 122 Å². The van der Waals surface area contributed by atoms with Crippen LogP contribution in [0.4, 0.5) is 5.69 Å². The van der Waals surface area contributed by atoms with Gasteiger partial charge in [0, 0.05) is 35.8 Å². The van der Waals surface area contributed by atoms with E-state index in [1.54, 1.807) is 42.2 Å². The van der Waals surface area contributed by atoms with Crippen LogP contribution in [0.3, 0.4) is 0 Å². The van der Waals surface area contributed by atoms with Gasteiger partial charge in [-0.05, 0) is 30.9 Å². The first-order valence-electron chi connectivity index (χ1n) is 14.3. The van der Waals surface area contributed by atoms with Crippen LogP contribution >= 0.6 is 23.1 Å². The molecule has 11 nitrogen and oxygen atoms in total. The lowest BCUT2D eigenvalue weighted by atomic mass is 9.77. The van der Waals surface area contributed by atoms with Gasteiger partial charge in [-0.1, -0.05) is 36.1 Å². The number of aryl methyl sites for hydroxylation is 3. The molecule has 228 valence electrons. The zero-order valence-electron chi connectivity index (χ0n) is 24.7. The SMILES string of the molecule is CSc1c2sc(C3=C(C(=O)OCc4ccc([N+](=O)[O-])cc4)N4C(=O)[C@H]([C@@H](C)O)[C@H]4[C@H]3C)cn2c[n+]1CCc1cccc[n+]1C. The van der Waals surface area contributed by atoms with Crippen molar-refractivity contribution in [1.29, 1.82) is 0 Å². The molecular formula is C31H33N5O6S2+2. The minimum atomic E-state index is -0.852. The van der Waals surface area contributed by atoms with E-state index in [0.29, 0.717) is 5.56 Å². The lowest BCUT2D eigenvalue weighted by Crippen LogP contribution is -2.63. The lowest BCUT2D eigenvalue weighted by Gasteiger charge is -2.46. The second-order valence-electron chi connectivity index (χ2n) is 11.2. The number of rotatable bonds is 10. The first-order valence-corrected chi connectivity index (χ1v) is 16.3. The zero-order valence-corrected chi connectivity index (χ0v) is 26.4. The number of aliphatic hydroxyl groups is 1. The quantitative estimate of drug-likeness (QED) is 0.0709. The molecule has 2 aliphatic rings. The maximum absolute atomic E-state index is 13.7. The molecule has 0 bridgehead atoms. The number of imidazole rings is 1. The van der Waals surface area contributed by atoms with E-state index >= 15 is 0 Å². The number of β-lactam (4-membered cyclic amide) rings is 1. The molecule has 5 heterocycles. The fourth-order valence-corrected chi connectivity index (χ4v) is 8.49. The summed E-state index contributed by atoms with van der Waals surface area (Å²) in [7, 11) is 2.04. The number of thioether (sulfide) groups is 1. The fraction of sp³-hybridized carbons (Fsp3) is 0.355. The third-order valence-corrected chi connectivity index (χ3v) is 10.6. The largest absolute Gasteiger partial charge is 0.456 e. The fourth-order valence-electron chi connectivity index (χ4n) is 6.29. The smallest absolute Gasteiger partial charge is 0.355 e. The van der Waals surface area contributed by atoms with Crippen LogP contribution in [0.15, 0.2) is 71.9 Å². The van der Waals surface area contributed by atoms with Gasteiger partial charge >= 0.3 is 5.97 Å². The van der Waals surface area contributed by atoms with Gasteiger partial charge in [0.1, 0.15) is 32.1 Å². The second-order valence-corrected chi connectivity index (χ2v) is 13.0. The van der Waals surface area contributed by atoms with Crippen LogP contribution in [0.5, 0.6) is 0 Å². The number of nitrogens with zero attached hydrogens (tertiary/aromatic N) is 5. The van der Waals surface area contributed by atoms with E-state index in [1.165, 1.54) is 22.7 Å². The van der Waals surface area contributed by atoms with E-state index in [1.807, 2.05) is 44.8 Å². The average molecular weight is 636 g/mol. The number of carbonyl (C=O) groups excluding carboxylic acids is 2. The number of benzene rings is 1. The van der Waals surface area contributed by atoms with Crippen LogP contribution < -0.4 is 9.13 Å². The highest BCUT2D eigenvalue weighted by atomic mass is 32.2. The van der Waals surface area contributed by atoms with E-state index in [9.17, 15) is 24.8 Å². The Bertz CT molecular complexity index is 1810. The maximum atomic E-state index is 13.7. The third-order valence-electron chi connectivity index (χ3n) is 8.52. The molecule has 0 unspecified atom stereocenters. The van der Waals surface area contributed by atoms with Gasteiger partial charge in [0.25, 0.3) is 12.0 Å². The number of nitro groups is 1. The standard InChI is InChI=1S/C31H33N5O6S2/c1-18-24(23-15-34-17-33(29(43-4)30(34)44-23)14-12-21-7-5-6-13-32(21)3)27(35-26(18)25(19(2)37)28(35)38)31(39)42-16-20-8-10-22(11-9-20)36(40)41/h5-11,13,15,17-19,25-26,37H,12,14,16H2,1-4H3/q+2/t18-,19+,25+,26+/m0/s1. The Morgan fingerprint density at radius 1 is 1.25 bits per heavy atom. The molecule has 0 radical (unpaired) electrons. The summed E-state index contributed by atoms with van der Waals surface area (Å²) in [5.74, 6) is -1.75. The number of hydrogen-bond acceptors (Lipinski definition) is 8. The number of fused-ring (bicyclic) bond motifs is 2. The summed E-state index contributed by atoms with van der Waals surface area (Å²) in [6.07, 6.45) is 8.17. The van der Waals surface area contributed by atoms with E-state index in [2.05, 4.69) is 25.9 Å². The van der Waals surface area contributed by atoms with Crippen molar-refractivity contribution in [2.45, 2.75) is 50.6 Å². The number of ether oxygens (including phenoxy) is 1. The molecule has 1 amide bonds. The van der Waals surface area contributed by atoms with Crippen LogP contribution in [-0.2, 0) is 40.9 Å². The molecule has 3 aromatic heterocycles. The van der Waals surface area contributed by atoms with Gasteiger partial charge in [-0.15, -0.1) is 0 Å². The van der Waals surface area contributed by atoms with E-state index in [4.69, 9.17) is 4.74 Å². The highest BCUT2D eigenvalue weighted by Gasteiger charge is 2.60. The molecule has 0 aliphatic carbocycles. The van der Waals surface area contributed by atoms with E-state index < -0.39 is 22.9 Å². The predicted octanol–water partition coefficient (Wildman–Crippen LogP) is 3.30. The van der Waals surface area contributed by atoms with Gasteiger partial charge in [0.2, 0.25) is 15.8 Å². The first kappa shape index (κ1) is 30.0. The number of non-ortho nitro benzene ring substituents is 1. The van der Waals surface area contributed by atoms with Crippen molar-refractivity contribution in [3.63, 3.8) is 0 Å². The van der Waals surface area contributed by atoms with Crippen molar-refractivity contribution in [3.05, 3.63) is 93.1 Å². The van der Waals surface area contributed by atoms with Gasteiger partial charge < -0.3 is 14.7 Å². The molecule has 0 spiro atoms. The highest BCUT2D eigenvalue weighted by molar-refractivity contribution is 7.98. The lowest BCUT2D eigenvalue weighted by molar-refractivity contribution is -0.735. The number of esters is 1. The molecule has 6 rings (SSSR count). The van der Waals surface area contributed by atoms with Crippen LogP contribution in [-0.4, -0.2) is 49.6 Å². The molecule has 1 N–H and O–H groups in total. The van der Waals surface area contributed by atoms with Crippen LogP contribution in [0.2, 0.25) is 0 Å². The van der Waals surface area contributed by atoms with Crippen molar-refractivity contribution in [3.8, 4) is 0 Å². The molecule has 1 saturated heterocycles. The number of aromatic nitrogens is 3. The minimum absolute atomic E-state index is 0.0537. The number of aliphatic hydroxyl groups excluding tert-OH is 1. The summed E-state index contributed by atoms with van der Waals surface area (Å²) in [6, 6.07) is 11.6. The van der Waals surface area contributed by atoms with Gasteiger partial charge in [-0.25, -0.2) is 13.9 Å². The van der Waals surface area contributed by atoms with Gasteiger partial charge in [-0.2, -0.15) is 4.40 Å². The van der Waals surface area contributed by atoms with Crippen LogP contribution in [0.25, 0.3) is 10.4 Å². The summed E-state index contributed by atoms with van der Waals surface area (Å²) in [5.41, 5.74) is 2.69. The van der Waals surface area contributed by atoms with Gasteiger partial charge in [-0.3, -0.25) is 14.9 Å². The molecule has 2 aliphatic heterocycles. The summed E-state index contributed by atoms with van der Waals surface area (Å²) < 4.78 is 12.1. The Hall–Kier alpha value is -4.07. The summed E-state index contributed by atoms with van der Waals surface area (Å²) >= 11 is 3.22. The summed E-state index contributed by atoms with van der Waals surface area (Å²) in [6.45, 7) is 4.29. The number of thiazole rings is 1. The van der Waals surface area contributed by atoms with Crippen molar-refractivity contribution in [1.82, 2.24) is 9.30 Å². The van der Waals surface area contributed by atoms with Crippen molar-refractivity contribution in [2.75, 3.05) is 6.26 Å². The molecule has 13 heteroatoms. The molecule has 1 fully saturated rings. The highest BCUT2D eigenvalue weighted by Crippen LogP contribution is 2.52. The Morgan fingerprint density at radius 2 is 2.00 bits per heavy atom. The summed E-state index contributed by atoms with van der Waals surface area (Å²) in [4.78, 5) is 40.8. The molecule has 4 atom stereocenters. The molecule has 4 aromatic rings. The van der Waals surface area contributed by atoms with E-state index in [0.717, 1.165) is 33.3 Å². The molecule has 0 saturated carbocycles. The Balaban J connectivity index is 1.32. The first-order chi connectivity index (χ1) is 21.1. The van der Waals surface area contributed by atoms with Gasteiger partial charge in [0.15, 0.2) is 11.9 Å². The van der Waals surface area contributed by atoms with Crippen molar-refractivity contribution in [2.24, 2.45) is 18.9 Å². The monoisotopic (exact) mass is 635 g/mol. The van der Waals surface area contributed by atoms with E-state index in [-0.39, 0.29) is 35.9 Å². The maximum Gasteiger partial charge on any atom is 0.355 e. The predicted molar refractivity (Wildman–Crippen MR) is 163 cm³/mol. The third kappa shape index (κ3) is 5.08. The van der Waals surface area contributed by atoms with Crippen LogP contribution in [0.1, 0.15) is 30.0 Å². The average Bonchev–Trinajstić information content (AvgIpc) is 3.62. The Morgan fingerprint density at radius 3 is 2.66 bits per heavy atom. The minimum Gasteiger partial charge on any atom is -0.456 e. The summed E-state index contributed by atoms with van der Waals surface area (Å²) in [5, 5.41) is 22.5. The van der Waals surface area contributed by atoms with Gasteiger partial charge in [0.05, 0.1) is 34.3 Å². The number of nitro benzene ring substituents is 1. The Kier molecular flexibility index (Phi) is 8.03. The normalized spacial score (nSPS) is 20.2. The number of carbonyl (C=O) groups is 2. The second kappa shape index (κ2) is 11.8. The number of pyridine rings is 1. The molecule has 44 heavy (non-hydrogen) atoms. The Labute approximate surface area is 262 Å². The van der Waals surface area contributed by atoms with Crippen molar-refractivity contribution >= 4 is 51.1 Å². The zero-order chi connectivity index (χ0) is 31.3. The van der Waals surface area contributed by atoms with Crippen LogP contribution in [0, 0.1) is 22.0 Å². The number of hydrogen-bond donors (Lipinski definition) is 1.